The van der Waals surface area contributed by atoms with Crippen LogP contribution in [0.1, 0.15) is 38.5 Å². The molecule has 0 radical (unpaired) electrons. The molecule has 3 fully saturated rings. The van der Waals surface area contributed by atoms with Crippen molar-refractivity contribution < 1.29 is 4.79 Å². The van der Waals surface area contributed by atoms with Crippen molar-refractivity contribution >= 4 is 36.4 Å². The Balaban J connectivity index is 0.00000121. The number of nitrogens with one attached hydrogen (secondary N) is 1. The molecule has 3 aliphatic rings. The smallest absolute Gasteiger partial charge is 0.223 e. The van der Waals surface area contributed by atoms with Crippen LogP contribution >= 0.6 is 24.8 Å². The molecule has 1 saturated heterocycles. The van der Waals surface area contributed by atoms with Gasteiger partial charge in [-0.05, 0) is 56.1 Å². The van der Waals surface area contributed by atoms with E-state index in [0.717, 1.165) is 32.4 Å². The molecule has 2 saturated carbocycles. The average molecular weight is 400 g/mol. The van der Waals surface area contributed by atoms with Gasteiger partial charge >= 0.3 is 0 Å². The van der Waals surface area contributed by atoms with Crippen LogP contribution in [0.25, 0.3) is 0 Å². The Morgan fingerprint density at radius 2 is 1.69 bits per heavy atom. The number of halogens is 2. The van der Waals surface area contributed by atoms with Gasteiger partial charge in [-0.2, -0.15) is 0 Å². The lowest BCUT2D eigenvalue weighted by atomic mass is 9.65. The second kappa shape index (κ2) is 9.29. The molecule has 2 aliphatic carbocycles. The summed E-state index contributed by atoms with van der Waals surface area (Å²) in [6.45, 7) is 1.95. The van der Waals surface area contributed by atoms with E-state index >= 15 is 0 Å². The van der Waals surface area contributed by atoms with Gasteiger partial charge in [0.2, 0.25) is 5.91 Å². The first-order chi connectivity index (χ1) is 11.7. The zero-order valence-electron chi connectivity index (χ0n) is 15.2. The van der Waals surface area contributed by atoms with E-state index in [1.165, 1.54) is 24.9 Å². The summed E-state index contributed by atoms with van der Waals surface area (Å²) in [5.74, 6) is 1.60. The van der Waals surface area contributed by atoms with Gasteiger partial charge in [0, 0.05) is 36.8 Å². The molecule has 2 bridgehead atoms. The second-order valence-electron chi connectivity index (χ2n) is 7.97. The van der Waals surface area contributed by atoms with Crippen LogP contribution in [0.5, 0.6) is 0 Å². The lowest BCUT2D eigenvalue weighted by molar-refractivity contribution is -0.128. The molecule has 4 rings (SSSR count). The Bertz CT molecular complexity index is 572. The fourth-order valence-corrected chi connectivity index (χ4v) is 5.07. The molecule has 1 aromatic carbocycles. The van der Waals surface area contributed by atoms with Crippen molar-refractivity contribution in [3.63, 3.8) is 0 Å². The molecule has 1 aliphatic heterocycles. The van der Waals surface area contributed by atoms with E-state index in [1.807, 2.05) is 6.07 Å². The molecular weight excluding hydrogens is 369 g/mol. The van der Waals surface area contributed by atoms with Crippen molar-refractivity contribution in [2.75, 3.05) is 18.0 Å². The number of hydrogen-bond acceptors (Lipinski definition) is 3. The number of nitrogens with zero attached hydrogens (tertiary/aromatic N) is 1. The third kappa shape index (κ3) is 4.47. The number of hydrogen-bond donors (Lipinski definition) is 2. The fraction of sp³-hybridized carbons (Fsp3) is 0.650. The van der Waals surface area contributed by atoms with E-state index in [-0.39, 0.29) is 42.7 Å². The van der Waals surface area contributed by atoms with E-state index in [1.54, 1.807) is 0 Å². The summed E-state index contributed by atoms with van der Waals surface area (Å²) in [4.78, 5) is 15.1. The Morgan fingerprint density at radius 3 is 2.35 bits per heavy atom. The second-order valence-corrected chi connectivity index (χ2v) is 7.97. The van der Waals surface area contributed by atoms with E-state index in [4.69, 9.17) is 5.73 Å². The van der Waals surface area contributed by atoms with Crippen molar-refractivity contribution in [3.8, 4) is 0 Å². The summed E-state index contributed by atoms with van der Waals surface area (Å²) in [6, 6.07) is 11.1. The minimum absolute atomic E-state index is 0. The Kier molecular flexibility index (Phi) is 7.63. The number of amides is 1. The number of carbonyl (C=O) groups excluding carboxylic acids is 1. The standard InChI is InChI=1S/C20H29N3O.2ClH/c21-19-14-5-4-6-15(19)12-16(11-14)20(24)22-17-9-10-23(13-17)18-7-2-1-3-8-18;;/h1-3,7-8,14-17,19H,4-6,9-13,21H2,(H,22,24);2*1H. The van der Waals surface area contributed by atoms with Crippen LogP contribution in [0.15, 0.2) is 30.3 Å². The van der Waals surface area contributed by atoms with E-state index in [2.05, 4.69) is 34.5 Å². The molecule has 26 heavy (non-hydrogen) atoms. The van der Waals surface area contributed by atoms with E-state index in [0.29, 0.717) is 17.9 Å². The normalized spacial score (nSPS) is 33.0. The highest BCUT2D eigenvalue weighted by molar-refractivity contribution is 5.85. The van der Waals surface area contributed by atoms with Gasteiger partial charge in [0.05, 0.1) is 0 Å². The molecule has 1 amide bonds. The molecule has 0 spiro atoms. The first-order valence-electron chi connectivity index (χ1n) is 9.56. The van der Waals surface area contributed by atoms with Crippen LogP contribution in [0.2, 0.25) is 0 Å². The maximum atomic E-state index is 12.8. The zero-order chi connectivity index (χ0) is 16.5. The summed E-state index contributed by atoms with van der Waals surface area (Å²) < 4.78 is 0. The average Bonchev–Trinajstić information content (AvgIpc) is 3.04. The van der Waals surface area contributed by atoms with Gasteiger partial charge in [-0.15, -0.1) is 24.8 Å². The highest BCUT2D eigenvalue weighted by Crippen LogP contribution is 2.42. The van der Waals surface area contributed by atoms with Crippen LogP contribution in [-0.2, 0) is 4.79 Å². The third-order valence-corrected chi connectivity index (χ3v) is 6.44. The summed E-state index contributed by atoms with van der Waals surface area (Å²) >= 11 is 0. The third-order valence-electron chi connectivity index (χ3n) is 6.44. The summed E-state index contributed by atoms with van der Waals surface area (Å²) in [7, 11) is 0. The number of anilines is 1. The van der Waals surface area contributed by atoms with Crippen molar-refractivity contribution in [2.45, 2.75) is 50.6 Å². The van der Waals surface area contributed by atoms with Crippen molar-refractivity contribution in [3.05, 3.63) is 30.3 Å². The molecule has 3 atom stereocenters. The largest absolute Gasteiger partial charge is 0.369 e. The van der Waals surface area contributed by atoms with E-state index in [9.17, 15) is 4.79 Å². The van der Waals surface area contributed by atoms with Gasteiger partial charge in [0.25, 0.3) is 0 Å². The lowest BCUT2D eigenvalue weighted by Gasteiger charge is -2.43. The van der Waals surface area contributed by atoms with Gasteiger partial charge in [-0.25, -0.2) is 0 Å². The Labute approximate surface area is 169 Å². The summed E-state index contributed by atoms with van der Waals surface area (Å²) in [5.41, 5.74) is 7.61. The van der Waals surface area contributed by atoms with Crippen LogP contribution in [-0.4, -0.2) is 31.1 Å². The molecule has 146 valence electrons. The molecule has 6 heteroatoms. The molecule has 1 aromatic rings. The lowest BCUT2D eigenvalue weighted by Crippen LogP contribution is -2.50. The number of rotatable bonds is 3. The predicted molar refractivity (Wildman–Crippen MR) is 111 cm³/mol. The fourth-order valence-electron chi connectivity index (χ4n) is 5.07. The van der Waals surface area contributed by atoms with E-state index < -0.39 is 0 Å². The first-order valence-corrected chi connectivity index (χ1v) is 9.56. The van der Waals surface area contributed by atoms with Crippen LogP contribution in [0, 0.1) is 17.8 Å². The van der Waals surface area contributed by atoms with Crippen molar-refractivity contribution in [1.29, 1.82) is 0 Å². The van der Waals surface area contributed by atoms with Crippen LogP contribution in [0.4, 0.5) is 5.69 Å². The molecule has 3 N–H and O–H groups in total. The number of benzene rings is 1. The van der Waals surface area contributed by atoms with Gasteiger partial charge in [-0.3, -0.25) is 4.79 Å². The molecule has 3 unspecified atom stereocenters. The molecular formula is C20H31Cl2N3O. The number of fused-ring (bicyclic) bond motifs is 2. The van der Waals surface area contributed by atoms with Crippen LogP contribution in [0.3, 0.4) is 0 Å². The highest BCUT2D eigenvalue weighted by Gasteiger charge is 2.41. The molecule has 1 heterocycles. The summed E-state index contributed by atoms with van der Waals surface area (Å²) in [6.07, 6.45) is 6.77. The molecule has 4 nitrogen and oxygen atoms in total. The minimum atomic E-state index is 0. The van der Waals surface area contributed by atoms with Gasteiger partial charge < -0.3 is 16.0 Å². The predicted octanol–water partition coefficient (Wildman–Crippen LogP) is 3.38. The highest BCUT2D eigenvalue weighted by atomic mass is 35.5. The zero-order valence-corrected chi connectivity index (χ0v) is 16.8. The maximum Gasteiger partial charge on any atom is 0.223 e. The topological polar surface area (TPSA) is 58.4 Å². The van der Waals surface area contributed by atoms with Crippen LogP contribution < -0.4 is 16.0 Å². The number of para-hydroxylation sites is 1. The van der Waals surface area contributed by atoms with Crippen molar-refractivity contribution in [2.24, 2.45) is 23.5 Å². The number of carbonyl (C=O) groups is 1. The molecule has 0 aromatic heterocycles. The van der Waals surface area contributed by atoms with Crippen molar-refractivity contribution in [1.82, 2.24) is 5.32 Å². The minimum Gasteiger partial charge on any atom is -0.369 e. The van der Waals surface area contributed by atoms with Gasteiger partial charge in [-0.1, -0.05) is 24.6 Å². The quantitative estimate of drug-likeness (QED) is 0.818. The first kappa shape index (κ1) is 21.3. The maximum absolute atomic E-state index is 12.8. The van der Waals surface area contributed by atoms with Gasteiger partial charge in [0.1, 0.15) is 0 Å². The monoisotopic (exact) mass is 399 g/mol. The Hall–Kier alpha value is -0.970. The summed E-state index contributed by atoms with van der Waals surface area (Å²) in [5, 5.41) is 3.33. The number of nitrogens with two attached hydrogens (primary N) is 1. The van der Waals surface area contributed by atoms with Gasteiger partial charge in [0.15, 0.2) is 0 Å². The Morgan fingerprint density at radius 1 is 1.04 bits per heavy atom. The SMILES string of the molecule is Cl.Cl.NC1C2CCCC1CC(C(=O)NC1CCN(c3ccccc3)C1)C2.